The van der Waals surface area contributed by atoms with Gasteiger partial charge in [0.25, 0.3) is 5.91 Å². The number of carbonyl (C=O) groups is 1. The lowest BCUT2D eigenvalue weighted by molar-refractivity contribution is 0.0955. The number of anilines is 1. The summed E-state index contributed by atoms with van der Waals surface area (Å²) in [7, 11) is 0. The molecule has 0 saturated carbocycles. The van der Waals surface area contributed by atoms with Crippen LogP contribution in [0.2, 0.25) is 5.02 Å². The van der Waals surface area contributed by atoms with Crippen LogP contribution in [0.4, 0.5) is 5.69 Å². The van der Waals surface area contributed by atoms with Crippen LogP contribution in [0.5, 0.6) is 11.5 Å². The summed E-state index contributed by atoms with van der Waals surface area (Å²) in [5, 5.41) is 4.38. The molecule has 0 atom stereocenters. The van der Waals surface area contributed by atoms with E-state index in [4.69, 9.17) is 27.5 Å². The quantitative estimate of drug-likeness (QED) is 0.392. The van der Waals surface area contributed by atoms with Crippen LogP contribution in [0.3, 0.4) is 0 Å². The van der Waals surface area contributed by atoms with Gasteiger partial charge in [0.05, 0.1) is 17.8 Å². The molecule has 3 rings (SSSR count). The van der Waals surface area contributed by atoms with E-state index in [1.807, 2.05) is 19.1 Å². The van der Waals surface area contributed by atoms with Crippen molar-refractivity contribution in [2.24, 2.45) is 5.10 Å². The van der Waals surface area contributed by atoms with Crippen LogP contribution in [0.1, 0.15) is 35.7 Å². The summed E-state index contributed by atoms with van der Waals surface area (Å²) in [6.07, 6.45) is 9.16. The van der Waals surface area contributed by atoms with Gasteiger partial charge in [-0.3, -0.25) is 4.79 Å². The number of nitrogens with zero attached hydrogens (tertiary/aromatic N) is 2. The molecule has 156 valence electrons. The first kappa shape index (κ1) is 21.5. The number of amides is 1. The van der Waals surface area contributed by atoms with Crippen molar-refractivity contribution < 1.29 is 14.3 Å². The first-order valence-electron chi connectivity index (χ1n) is 9.83. The normalized spacial score (nSPS) is 13.3. The maximum Gasteiger partial charge on any atom is 0.271 e. The van der Waals surface area contributed by atoms with E-state index in [0.29, 0.717) is 34.3 Å². The predicted octanol–water partition coefficient (Wildman–Crippen LogP) is 4.11. The maximum atomic E-state index is 12.3. The number of benzene rings is 2. The van der Waals surface area contributed by atoms with Gasteiger partial charge in [0.1, 0.15) is 6.61 Å². The zero-order valence-corrected chi connectivity index (χ0v) is 17.6. The second-order valence-corrected chi connectivity index (χ2v) is 7.10. The lowest BCUT2D eigenvalue weighted by atomic mass is 10.2. The van der Waals surface area contributed by atoms with Crippen molar-refractivity contribution in [1.29, 1.82) is 0 Å². The topological polar surface area (TPSA) is 63.2 Å². The second kappa shape index (κ2) is 10.6. The second-order valence-electron chi connectivity index (χ2n) is 6.70. The van der Waals surface area contributed by atoms with Crippen LogP contribution in [0.15, 0.2) is 41.5 Å². The van der Waals surface area contributed by atoms with Gasteiger partial charge in [-0.05, 0) is 61.7 Å². The molecule has 0 radical (unpaired) electrons. The Morgan fingerprint density at radius 2 is 2.00 bits per heavy atom. The Morgan fingerprint density at radius 3 is 2.67 bits per heavy atom. The fourth-order valence-corrected chi connectivity index (χ4v) is 3.48. The summed E-state index contributed by atoms with van der Waals surface area (Å²) in [6.45, 7) is 4.51. The smallest absolute Gasteiger partial charge is 0.271 e. The Bertz CT molecular complexity index is 945. The number of carbonyl (C=O) groups excluding carboxylic acids is 1. The van der Waals surface area contributed by atoms with Crippen molar-refractivity contribution in [1.82, 2.24) is 5.43 Å². The number of hydrazone groups is 1. The monoisotopic (exact) mass is 425 g/mol. The molecule has 2 aromatic rings. The summed E-state index contributed by atoms with van der Waals surface area (Å²) in [5.74, 6) is 2.96. The molecule has 7 heteroatoms. The Kier molecular flexibility index (Phi) is 7.58. The van der Waals surface area contributed by atoms with Crippen molar-refractivity contribution >= 4 is 29.4 Å². The third-order valence-electron chi connectivity index (χ3n) is 4.61. The van der Waals surface area contributed by atoms with E-state index in [1.165, 1.54) is 19.1 Å². The van der Waals surface area contributed by atoms with E-state index >= 15 is 0 Å². The summed E-state index contributed by atoms with van der Waals surface area (Å²) in [6, 6.07) is 10.9. The van der Waals surface area contributed by atoms with E-state index in [9.17, 15) is 4.79 Å². The highest BCUT2D eigenvalue weighted by Gasteiger charge is 2.14. The number of hydrogen-bond acceptors (Lipinski definition) is 5. The summed E-state index contributed by atoms with van der Waals surface area (Å²) < 4.78 is 11.0. The van der Waals surface area contributed by atoms with Crippen molar-refractivity contribution in [2.45, 2.75) is 19.8 Å². The first-order valence-corrected chi connectivity index (χ1v) is 10.2. The molecule has 2 aromatic carbocycles. The highest BCUT2D eigenvalue weighted by molar-refractivity contribution is 6.32. The summed E-state index contributed by atoms with van der Waals surface area (Å²) in [4.78, 5) is 14.7. The fraction of sp³-hybridized carbons (Fsp3) is 0.304. The SMILES string of the molecule is C#CCOc1c(Cl)cc(/C=N\NC(=O)c2ccc(N3CCCC3)cc2)cc1OCC. The van der Waals surface area contributed by atoms with Gasteiger partial charge in [0, 0.05) is 24.3 Å². The van der Waals surface area contributed by atoms with Crippen molar-refractivity contribution in [3.63, 3.8) is 0 Å². The molecule has 0 aromatic heterocycles. The van der Waals surface area contributed by atoms with E-state index in [1.54, 1.807) is 24.3 Å². The van der Waals surface area contributed by atoms with Crippen molar-refractivity contribution in [3.8, 4) is 23.8 Å². The molecule has 6 nitrogen and oxygen atoms in total. The third kappa shape index (κ3) is 5.46. The van der Waals surface area contributed by atoms with Gasteiger partial charge >= 0.3 is 0 Å². The average Bonchev–Trinajstić information content (AvgIpc) is 3.28. The van der Waals surface area contributed by atoms with Gasteiger partial charge in [-0.15, -0.1) is 6.42 Å². The predicted molar refractivity (Wildman–Crippen MR) is 120 cm³/mol. The van der Waals surface area contributed by atoms with Crippen LogP contribution in [-0.2, 0) is 0 Å². The van der Waals surface area contributed by atoms with Crippen molar-refractivity contribution in [3.05, 3.63) is 52.5 Å². The van der Waals surface area contributed by atoms with Gasteiger partial charge in [0.2, 0.25) is 0 Å². The molecular formula is C23H24ClN3O3. The molecule has 1 aliphatic heterocycles. The molecule has 0 bridgehead atoms. The molecule has 1 N–H and O–H groups in total. The van der Waals surface area contributed by atoms with E-state index in [0.717, 1.165) is 18.8 Å². The molecule has 1 heterocycles. The van der Waals surface area contributed by atoms with Gasteiger partial charge < -0.3 is 14.4 Å². The van der Waals surface area contributed by atoms with Crippen LogP contribution in [-0.4, -0.2) is 38.4 Å². The lowest BCUT2D eigenvalue weighted by Crippen LogP contribution is -2.19. The number of nitrogens with one attached hydrogen (secondary N) is 1. The molecule has 0 unspecified atom stereocenters. The minimum absolute atomic E-state index is 0.0832. The Balaban J connectivity index is 1.65. The van der Waals surface area contributed by atoms with E-state index in [2.05, 4.69) is 21.3 Å². The zero-order valence-electron chi connectivity index (χ0n) is 16.9. The highest BCUT2D eigenvalue weighted by Crippen LogP contribution is 2.36. The minimum Gasteiger partial charge on any atom is -0.490 e. The van der Waals surface area contributed by atoms with Gasteiger partial charge in [-0.1, -0.05) is 17.5 Å². The van der Waals surface area contributed by atoms with Gasteiger partial charge in [-0.2, -0.15) is 5.10 Å². The molecule has 1 fully saturated rings. The minimum atomic E-state index is -0.288. The number of ether oxygens (including phenoxy) is 2. The molecule has 0 spiro atoms. The number of rotatable bonds is 8. The maximum absolute atomic E-state index is 12.3. The molecule has 0 aliphatic carbocycles. The summed E-state index contributed by atoms with van der Waals surface area (Å²) in [5.41, 5.74) is 4.86. The summed E-state index contributed by atoms with van der Waals surface area (Å²) >= 11 is 6.29. The lowest BCUT2D eigenvalue weighted by Gasteiger charge is -2.17. The Hall–Kier alpha value is -3.17. The van der Waals surface area contributed by atoms with Crippen LogP contribution in [0.25, 0.3) is 0 Å². The largest absolute Gasteiger partial charge is 0.490 e. The number of terminal acetylenes is 1. The molecule has 1 saturated heterocycles. The van der Waals surface area contributed by atoms with Crippen LogP contribution < -0.4 is 19.8 Å². The van der Waals surface area contributed by atoms with Crippen LogP contribution >= 0.6 is 11.6 Å². The molecule has 30 heavy (non-hydrogen) atoms. The fourth-order valence-electron chi connectivity index (χ4n) is 3.21. The standard InChI is InChI=1S/C23H24ClN3O3/c1-3-13-30-22-20(24)14-17(15-21(22)29-4-2)16-25-26-23(28)18-7-9-19(10-8-18)27-11-5-6-12-27/h1,7-10,14-16H,4-6,11-13H2,2H3,(H,26,28)/b25-16-. The van der Waals surface area contributed by atoms with Gasteiger partial charge in [0.15, 0.2) is 11.5 Å². The Morgan fingerprint density at radius 1 is 1.27 bits per heavy atom. The first-order chi connectivity index (χ1) is 14.6. The van der Waals surface area contributed by atoms with E-state index in [-0.39, 0.29) is 12.5 Å². The average molecular weight is 426 g/mol. The molecule has 1 amide bonds. The van der Waals surface area contributed by atoms with Crippen LogP contribution in [0, 0.1) is 12.3 Å². The van der Waals surface area contributed by atoms with Gasteiger partial charge in [-0.25, -0.2) is 5.43 Å². The Labute approximate surface area is 181 Å². The van der Waals surface area contributed by atoms with E-state index < -0.39 is 0 Å². The number of halogens is 1. The molecule has 1 aliphatic rings. The third-order valence-corrected chi connectivity index (χ3v) is 4.89. The van der Waals surface area contributed by atoms with Crippen molar-refractivity contribution in [2.75, 3.05) is 31.2 Å². The zero-order chi connectivity index (χ0) is 21.3. The molecular weight excluding hydrogens is 402 g/mol. The number of hydrogen-bond donors (Lipinski definition) is 1. The highest BCUT2D eigenvalue weighted by atomic mass is 35.5.